The molecular formula is C34H30O4Zr. The van der Waals surface area contributed by atoms with Crippen LogP contribution in [0, 0.1) is 0 Å². The first kappa shape index (κ1) is 30.9. The molecule has 0 bridgehead atoms. The van der Waals surface area contributed by atoms with Crippen molar-refractivity contribution in [2.75, 3.05) is 0 Å². The summed E-state index contributed by atoms with van der Waals surface area (Å²) in [6, 6.07) is 52.3. The molecule has 0 aromatic heterocycles. The molecular weight excluding hydrogens is 564 g/mol. The van der Waals surface area contributed by atoms with E-state index in [0.29, 0.717) is 11.5 Å². The van der Waals surface area contributed by atoms with Crippen LogP contribution in [-0.4, -0.2) is 10.2 Å². The molecule has 0 heterocycles. The molecule has 5 heteroatoms. The summed E-state index contributed by atoms with van der Waals surface area (Å²) >= 11 is 0. The van der Waals surface area contributed by atoms with Gasteiger partial charge in [-0.2, -0.15) is 36.4 Å². The van der Waals surface area contributed by atoms with Gasteiger partial charge in [-0.1, -0.05) is 36.4 Å². The summed E-state index contributed by atoms with van der Waals surface area (Å²) in [5, 5.41) is 18.1. The van der Waals surface area contributed by atoms with Crippen molar-refractivity contribution in [2.24, 2.45) is 0 Å². The van der Waals surface area contributed by atoms with Gasteiger partial charge in [0.25, 0.3) is 0 Å². The SMILES string of the molecule is Oc1ccc(Oc2ccccc2)cc1.Oc1ccc(Oc2ccccc2)cc1.[Zr+2].c1cc[cH-]c1.c1cc[cH-]c1. The fraction of sp³-hybridized carbons (Fsp3) is 0. The molecule has 6 aromatic rings. The quantitative estimate of drug-likeness (QED) is 0.200. The predicted octanol–water partition coefficient (Wildman–Crippen LogP) is 9.18. The van der Waals surface area contributed by atoms with Gasteiger partial charge < -0.3 is 19.7 Å². The maximum atomic E-state index is 9.07. The van der Waals surface area contributed by atoms with E-state index in [1.54, 1.807) is 48.5 Å². The van der Waals surface area contributed by atoms with E-state index in [9.17, 15) is 0 Å². The molecule has 0 unspecified atom stereocenters. The molecule has 4 nitrogen and oxygen atoms in total. The van der Waals surface area contributed by atoms with Crippen molar-refractivity contribution in [3.8, 4) is 34.5 Å². The Balaban J connectivity index is 0.000000199. The minimum absolute atomic E-state index is 0. The fourth-order valence-corrected chi connectivity index (χ4v) is 2.92. The van der Waals surface area contributed by atoms with Crippen LogP contribution in [0.3, 0.4) is 0 Å². The zero-order valence-electron chi connectivity index (χ0n) is 21.4. The van der Waals surface area contributed by atoms with E-state index in [0.717, 1.165) is 11.5 Å². The summed E-state index contributed by atoms with van der Waals surface area (Å²) in [4.78, 5) is 0. The minimum Gasteiger partial charge on any atom is -0.508 e. The molecule has 0 amide bonds. The zero-order valence-corrected chi connectivity index (χ0v) is 23.8. The molecule has 6 aromatic carbocycles. The zero-order chi connectivity index (χ0) is 26.7. The third-order valence-electron chi connectivity index (χ3n) is 4.74. The fourth-order valence-electron chi connectivity index (χ4n) is 2.92. The first-order valence-corrected chi connectivity index (χ1v) is 12.1. The number of hydrogen-bond acceptors (Lipinski definition) is 4. The van der Waals surface area contributed by atoms with Crippen LogP contribution >= 0.6 is 0 Å². The van der Waals surface area contributed by atoms with Gasteiger partial charge in [0.15, 0.2) is 0 Å². The van der Waals surface area contributed by atoms with Gasteiger partial charge in [0.2, 0.25) is 0 Å². The molecule has 0 saturated heterocycles. The van der Waals surface area contributed by atoms with Gasteiger partial charge in [-0.3, -0.25) is 0 Å². The number of hydrogen-bond donors (Lipinski definition) is 2. The summed E-state index contributed by atoms with van der Waals surface area (Å²) in [7, 11) is 0. The Morgan fingerprint density at radius 3 is 0.897 bits per heavy atom. The van der Waals surface area contributed by atoms with Crippen molar-refractivity contribution in [3.63, 3.8) is 0 Å². The Labute approximate surface area is 249 Å². The molecule has 194 valence electrons. The van der Waals surface area contributed by atoms with Crippen molar-refractivity contribution in [1.29, 1.82) is 0 Å². The van der Waals surface area contributed by atoms with Crippen molar-refractivity contribution in [2.45, 2.75) is 0 Å². The van der Waals surface area contributed by atoms with E-state index >= 15 is 0 Å². The summed E-state index contributed by atoms with van der Waals surface area (Å²) in [6.07, 6.45) is 0. The van der Waals surface area contributed by atoms with E-state index in [2.05, 4.69) is 0 Å². The first-order chi connectivity index (χ1) is 18.7. The van der Waals surface area contributed by atoms with Crippen molar-refractivity contribution in [3.05, 3.63) is 170 Å². The Kier molecular flexibility index (Phi) is 14.9. The van der Waals surface area contributed by atoms with Gasteiger partial charge in [0, 0.05) is 0 Å². The Bertz CT molecular complexity index is 1190. The topological polar surface area (TPSA) is 58.9 Å². The number of aromatic hydroxyl groups is 2. The monoisotopic (exact) mass is 592 g/mol. The predicted molar refractivity (Wildman–Crippen MR) is 153 cm³/mol. The summed E-state index contributed by atoms with van der Waals surface area (Å²) in [6.45, 7) is 0. The first-order valence-electron chi connectivity index (χ1n) is 12.1. The number of ether oxygens (including phenoxy) is 2. The van der Waals surface area contributed by atoms with Gasteiger partial charge in [-0.15, -0.1) is 0 Å². The van der Waals surface area contributed by atoms with Gasteiger partial charge in [-0.25, -0.2) is 24.3 Å². The maximum absolute atomic E-state index is 9.07. The molecule has 0 fully saturated rings. The van der Waals surface area contributed by atoms with Gasteiger partial charge in [0.05, 0.1) is 0 Å². The molecule has 2 N–H and O–H groups in total. The third-order valence-corrected chi connectivity index (χ3v) is 4.74. The average Bonchev–Trinajstić information content (AvgIpc) is 3.73. The second-order valence-electron chi connectivity index (χ2n) is 7.74. The van der Waals surface area contributed by atoms with E-state index < -0.39 is 0 Å². The van der Waals surface area contributed by atoms with Crippen LogP contribution in [0.1, 0.15) is 0 Å². The van der Waals surface area contributed by atoms with Crippen LogP contribution in [0.4, 0.5) is 0 Å². The van der Waals surface area contributed by atoms with Gasteiger partial charge >= 0.3 is 26.2 Å². The molecule has 6 rings (SSSR count). The van der Waals surface area contributed by atoms with Crippen LogP contribution in [0.25, 0.3) is 0 Å². The second kappa shape index (κ2) is 18.8. The van der Waals surface area contributed by atoms with Crippen molar-refractivity contribution in [1.82, 2.24) is 0 Å². The molecule has 0 atom stereocenters. The smallest absolute Gasteiger partial charge is 0.508 e. The van der Waals surface area contributed by atoms with Crippen molar-refractivity contribution < 1.29 is 45.9 Å². The molecule has 0 radical (unpaired) electrons. The van der Waals surface area contributed by atoms with Crippen molar-refractivity contribution >= 4 is 0 Å². The summed E-state index contributed by atoms with van der Waals surface area (Å²) in [5.74, 6) is 3.50. The normalized spacial score (nSPS) is 9.03. The standard InChI is InChI=1S/2C12H10O2.2C5H5.Zr/c2*13-10-6-8-12(9-7-10)14-11-4-2-1-3-5-11;2*1-2-4-5-3-1;/h2*1-9,13H;2*1-5H;/q;;2*-1;+2. The van der Waals surface area contributed by atoms with Crippen LogP contribution < -0.4 is 9.47 Å². The summed E-state index contributed by atoms with van der Waals surface area (Å²) < 4.78 is 11.0. The van der Waals surface area contributed by atoms with Crippen LogP contribution in [0.5, 0.6) is 34.5 Å². The number of para-hydroxylation sites is 2. The van der Waals surface area contributed by atoms with Crippen LogP contribution in [-0.2, 0) is 26.2 Å². The Morgan fingerprint density at radius 2 is 0.641 bits per heavy atom. The van der Waals surface area contributed by atoms with Crippen LogP contribution in [0.15, 0.2) is 170 Å². The Morgan fingerprint density at radius 1 is 0.359 bits per heavy atom. The number of benzene rings is 4. The van der Waals surface area contributed by atoms with E-state index in [1.807, 2.05) is 121 Å². The van der Waals surface area contributed by atoms with E-state index in [-0.39, 0.29) is 37.7 Å². The molecule has 0 aliphatic rings. The molecule has 0 saturated carbocycles. The largest absolute Gasteiger partial charge is 2.00 e. The average molecular weight is 594 g/mol. The second-order valence-corrected chi connectivity index (χ2v) is 7.74. The van der Waals surface area contributed by atoms with E-state index in [4.69, 9.17) is 19.7 Å². The molecule has 0 spiro atoms. The number of phenols is 2. The molecule has 0 aliphatic heterocycles. The number of phenolic OH excluding ortho intramolecular Hbond substituents is 2. The van der Waals surface area contributed by atoms with Crippen LogP contribution in [0.2, 0.25) is 0 Å². The molecule has 0 aliphatic carbocycles. The van der Waals surface area contributed by atoms with Gasteiger partial charge in [-0.05, 0) is 72.8 Å². The van der Waals surface area contributed by atoms with E-state index in [1.165, 1.54) is 0 Å². The number of rotatable bonds is 4. The Hall–Kier alpha value is -4.34. The third kappa shape index (κ3) is 13.7. The molecule has 39 heavy (non-hydrogen) atoms. The minimum atomic E-state index is 0. The maximum Gasteiger partial charge on any atom is 2.00 e. The van der Waals surface area contributed by atoms with Gasteiger partial charge in [0.1, 0.15) is 34.5 Å². The summed E-state index contributed by atoms with van der Waals surface area (Å²) in [5.41, 5.74) is 0.